The van der Waals surface area contributed by atoms with Gasteiger partial charge in [0, 0.05) is 26.2 Å². The molecule has 0 radical (unpaired) electrons. The van der Waals surface area contributed by atoms with Gasteiger partial charge < -0.3 is 26.2 Å². The van der Waals surface area contributed by atoms with Gasteiger partial charge in [0.2, 0.25) is 11.8 Å². The number of aromatic hydroxyl groups is 2. The Kier molecular flexibility index (Phi) is 8.95. The molecule has 0 spiro atoms. The number of phenolic OH excluding ortho intramolecular Hbond substituents is 2. The van der Waals surface area contributed by atoms with Crippen LogP contribution < -0.4 is 16.0 Å². The van der Waals surface area contributed by atoms with Gasteiger partial charge in [0.1, 0.15) is 11.5 Å². The summed E-state index contributed by atoms with van der Waals surface area (Å²) in [4.78, 5) is 25.1. The molecule has 30 heavy (non-hydrogen) atoms. The molecule has 1 aliphatic heterocycles. The van der Waals surface area contributed by atoms with Crippen molar-refractivity contribution in [1.29, 1.82) is 0 Å². The fourth-order valence-electron chi connectivity index (χ4n) is 3.48. The van der Waals surface area contributed by atoms with Gasteiger partial charge in [-0.2, -0.15) is 0 Å². The highest BCUT2D eigenvalue weighted by atomic mass is 35.5. The average Bonchev–Trinajstić information content (AvgIpc) is 3.21. The third kappa shape index (κ3) is 6.64. The van der Waals surface area contributed by atoms with Crippen molar-refractivity contribution in [2.24, 2.45) is 11.8 Å². The van der Waals surface area contributed by atoms with Gasteiger partial charge in [-0.05, 0) is 48.2 Å². The van der Waals surface area contributed by atoms with Crippen molar-refractivity contribution in [3.8, 4) is 11.5 Å². The van der Waals surface area contributed by atoms with Gasteiger partial charge in [-0.25, -0.2) is 0 Å². The van der Waals surface area contributed by atoms with E-state index in [0.29, 0.717) is 39.0 Å². The van der Waals surface area contributed by atoms with E-state index in [1.165, 1.54) is 0 Å². The van der Waals surface area contributed by atoms with Crippen LogP contribution >= 0.6 is 12.4 Å². The van der Waals surface area contributed by atoms with Crippen molar-refractivity contribution < 1.29 is 19.8 Å². The van der Waals surface area contributed by atoms with Crippen molar-refractivity contribution in [3.63, 3.8) is 0 Å². The molecule has 2 aromatic carbocycles. The van der Waals surface area contributed by atoms with Gasteiger partial charge in [-0.1, -0.05) is 24.3 Å². The number of amides is 2. The van der Waals surface area contributed by atoms with Crippen LogP contribution in [0.4, 0.5) is 0 Å². The first-order valence-corrected chi connectivity index (χ1v) is 9.85. The largest absolute Gasteiger partial charge is 0.508 e. The van der Waals surface area contributed by atoms with E-state index in [1.807, 2.05) is 24.3 Å². The molecule has 0 aliphatic carbocycles. The van der Waals surface area contributed by atoms with Gasteiger partial charge in [0.25, 0.3) is 0 Å². The second kappa shape index (κ2) is 11.4. The highest BCUT2D eigenvalue weighted by Gasteiger charge is 2.37. The van der Waals surface area contributed by atoms with Crippen LogP contribution in [-0.2, 0) is 22.4 Å². The van der Waals surface area contributed by atoms with Gasteiger partial charge in [-0.15, -0.1) is 12.4 Å². The van der Waals surface area contributed by atoms with Crippen molar-refractivity contribution >= 4 is 24.2 Å². The molecule has 1 heterocycles. The molecule has 8 heteroatoms. The van der Waals surface area contributed by atoms with Crippen molar-refractivity contribution in [2.45, 2.75) is 12.8 Å². The lowest BCUT2D eigenvalue weighted by molar-refractivity contribution is -0.132. The molecular weight excluding hydrogens is 406 g/mol. The minimum absolute atomic E-state index is 0. The lowest BCUT2D eigenvalue weighted by Gasteiger charge is -2.18. The zero-order valence-electron chi connectivity index (χ0n) is 16.6. The number of carbonyl (C=O) groups excluding carboxylic acids is 2. The minimum Gasteiger partial charge on any atom is -0.508 e. The van der Waals surface area contributed by atoms with E-state index >= 15 is 0 Å². The van der Waals surface area contributed by atoms with E-state index in [4.69, 9.17) is 0 Å². The molecule has 2 amide bonds. The van der Waals surface area contributed by atoms with Crippen LogP contribution in [0.1, 0.15) is 11.1 Å². The number of hydrogen-bond acceptors (Lipinski definition) is 5. The van der Waals surface area contributed by atoms with Crippen LogP contribution in [0, 0.1) is 11.8 Å². The highest BCUT2D eigenvalue weighted by molar-refractivity contribution is 5.88. The molecule has 0 aromatic heterocycles. The van der Waals surface area contributed by atoms with Gasteiger partial charge in [0.05, 0.1) is 11.8 Å². The number of hydrogen-bond donors (Lipinski definition) is 5. The van der Waals surface area contributed by atoms with E-state index in [9.17, 15) is 19.8 Å². The Hall–Kier alpha value is -2.77. The molecule has 0 unspecified atom stereocenters. The fraction of sp³-hybridized carbons (Fsp3) is 0.364. The zero-order valence-corrected chi connectivity index (χ0v) is 17.5. The molecule has 7 nitrogen and oxygen atoms in total. The summed E-state index contributed by atoms with van der Waals surface area (Å²) in [5, 5.41) is 27.6. The van der Waals surface area contributed by atoms with Crippen molar-refractivity contribution in [1.82, 2.24) is 16.0 Å². The number of carbonyl (C=O) groups is 2. The Labute approximate surface area is 182 Å². The normalized spacial score (nSPS) is 17.7. The van der Waals surface area contributed by atoms with E-state index < -0.39 is 0 Å². The Morgan fingerprint density at radius 3 is 1.50 bits per heavy atom. The Morgan fingerprint density at radius 2 is 1.13 bits per heavy atom. The molecule has 5 N–H and O–H groups in total. The summed E-state index contributed by atoms with van der Waals surface area (Å²) in [6, 6.07) is 13.8. The lowest BCUT2D eigenvalue weighted by atomic mass is 9.94. The summed E-state index contributed by atoms with van der Waals surface area (Å²) in [6.45, 7) is 1.94. The molecule has 2 aromatic rings. The van der Waals surface area contributed by atoms with Crippen LogP contribution in [-0.4, -0.2) is 48.2 Å². The van der Waals surface area contributed by atoms with Crippen LogP contribution in [0.15, 0.2) is 48.5 Å². The SMILES string of the molecule is Cl.O=C(NCCc1ccc(O)cc1)[C@H]1CNC[C@@H]1C(=O)NCCc1ccc(O)cc1. The number of halogens is 1. The highest BCUT2D eigenvalue weighted by Crippen LogP contribution is 2.18. The van der Waals surface area contributed by atoms with Gasteiger partial charge in [-0.3, -0.25) is 9.59 Å². The standard InChI is InChI=1S/C22H27N3O4.ClH/c26-17-5-1-15(2-6-17)9-11-24-21(28)19-13-23-14-20(19)22(29)25-12-10-16-3-7-18(27)8-4-16;/h1-8,19-20,23,26-27H,9-14H2,(H,24,28)(H,25,29);1H/t19-,20-;/m0./s1. The fourth-order valence-corrected chi connectivity index (χ4v) is 3.48. The first-order chi connectivity index (χ1) is 14.0. The topological polar surface area (TPSA) is 111 Å². The van der Waals surface area contributed by atoms with Crippen molar-refractivity contribution in [3.05, 3.63) is 59.7 Å². The third-order valence-electron chi connectivity index (χ3n) is 5.19. The summed E-state index contributed by atoms with van der Waals surface area (Å²) in [6.07, 6.45) is 1.32. The molecular formula is C22H28ClN3O4. The second-order valence-electron chi connectivity index (χ2n) is 7.29. The van der Waals surface area contributed by atoms with Crippen LogP contribution in [0.3, 0.4) is 0 Å². The zero-order chi connectivity index (χ0) is 20.6. The minimum atomic E-state index is -0.386. The maximum atomic E-state index is 12.5. The molecule has 2 atom stereocenters. The lowest BCUT2D eigenvalue weighted by Crippen LogP contribution is -2.42. The number of nitrogens with one attached hydrogen (secondary N) is 3. The molecule has 0 bridgehead atoms. The number of phenols is 2. The van der Waals surface area contributed by atoms with Crippen LogP contribution in [0.5, 0.6) is 11.5 Å². The molecule has 162 valence electrons. The Balaban J connectivity index is 0.00000320. The average molecular weight is 434 g/mol. The first kappa shape index (κ1) is 23.5. The van der Waals surface area contributed by atoms with Gasteiger partial charge in [0.15, 0.2) is 0 Å². The maximum Gasteiger partial charge on any atom is 0.225 e. The molecule has 1 fully saturated rings. The monoisotopic (exact) mass is 433 g/mol. The third-order valence-corrected chi connectivity index (χ3v) is 5.19. The molecule has 1 aliphatic rings. The first-order valence-electron chi connectivity index (χ1n) is 9.85. The smallest absolute Gasteiger partial charge is 0.225 e. The number of rotatable bonds is 8. The van der Waals surface area contributed by atoms with Crippen molar-refractivity contribution in [2.75, 3.05) is 26.2 Å². The van der Waals surface area contributed by atoms with E-state index in [0.717, 1.165) is 11.1 Å². The van der Waals surface area contributed by atoms with Crippen LogP contribution in [0.25, 0.3) is 0 Å². The Bertz CT molecular complexity index is 758. The maximum absolute atomic E-state index is 12.5. The predicted octanol–water partition coefficient (Wildman–Crippen LogP) is 1.37. The quantitative estimate of drug-likeness (QED) is 0.432. The van der Waals surface area contributed by atoms with E-state index in [2.05, 4.69) is 16.0 Å². The summed E-state index contributed by atoms with van der Waals surface area (Å²) < 4.78 is 0. The Morgan fingerprint density at radius 1 is 0.767 bits per heavy atom. The summed E-state index contributed by atoms with van der Waals surface area (Å²) >= 11 is 0. The predicted molar refractivity (Wildman–Crippen MR) is 117 cm³/mol. The molecule has 3 rings (SSSR count). The van der Waals surface area contributed by atoms with E-state index in [-0.39, 0.29) is 47.6 Å². The second-order valence-corrected chi connectivity index (χ2v) is 7.29. The van der Waals surface area contributed by atoms with Gasteiger partial charge >= 0.3 is 0 Å². The summed E-state index contributed by atoms with van der Waals surface area (Å²) in [7, 11) is 0. The molecule has 1 saturated heterocycles. The van der Waals surface area contributed by atoms with Crippen LogP contribution in [0.2, 0.25) is 0 Å². The summed E-state index contributed by atoms with van der Waals surface area (Å²) in [5.41, 5.74) is 2.05. The number of benzene rings is 2. The van der Waals surface area contributed by atoms with E-state index in [1.54, 1.807) is 24.3 Å². The summed E-state index contributed by atoms with van der Waals surface area (Å²) in [5.74, 6) is -0.574. The molecule has 0 saturated carbocycles.